The largest absolute Gasteiger partial charge is 0.497 e. The van der Waals surface area contributed by atoms with Crippen molar-refractivity contribution in [2.24, 2.45) is 0 Å². The number of nitrogens with one attached hydrogen (secondary N) is 1. The van der Waals surface area contributed by atoms with Gasteiger partial charge in [0.1, 0.15) is 16.5 Å². The smallest absolute Gasteiger partial charge is 0.328 e. The van der Waals surface area contributed by atoms with Crippen LogP contribution in [0.2, 0.25) is 0 Å². The highest BCUT2D eigenvalue weighted by Gasteiger charge is 2.22. The fraction of sp³-hybridized carbons (Fsp3) is 0.267. The van der Waals surface area contributed by atoms with E-state index in [2.05, 4.69) is 10.3 Å². The molecule has 2 rings (SSSR count). The van der Waals surface area contributed by atoms with Crippen LogP contribution in [-0.2, 0) is 9.53 Å². The fourth-order valence-corrected chi connectivity index (χ4v) is 2.62. The summed E-state index contributed by atoms with van der Waals surface area (Å²) in [5.41, 5.74) is 1.02. The Kier molecular flexibility index (Phi) is 5.67. The molecule has 2 aromatic rings. The Balaban J connectivity index is 2.11. The minimum Gasteiger partial charge on any atom is -0.497 e. The number of nitrogens with zero attached hydrogens (tertiary/aromatic N) is 1. The number of hydrogen-bond donors (Lipinski definition) is 2. The van der Waals surface area contributed by atoms with Crippen molar-refractivity contribution in [2.75, 3.05) is 20.8 Å². The van der Waals surface area contributed by atoms with Gasteiger partial charge in [0.2, 0.25) is 0 Å². The van der Waals surface area contributed by atoms with Gasteiger partial charge in [-0.15, -0.1) is 11.3 Å². The van der Waals surface area contributed by atoms with Gasteiger partial charge in [0.15, 0.2) is 6.04 Å². The third kappa shape index (κ3) is 4.27. The number of carbonyl (C=O) groups is 2. The van der Waals surface area contributed by atoms with Gasteiger partial charge in [-0.25, -0.2) is 9.78 Å². The van der Waals surface area contributed by atoms with E-state index in [1.165, 1.54) is 18.4 Å². The highest BCUT2D eigenvalue weighted by atomic mass is 32.1. The van der Waals surface area contributed by atoms with Crippen LogP contribution in [0.15, 0.2) is 29.6 Å². The molecule has 2 N–H and O–H groups in total. The number of benzene rings is 1. The molecule has 7 nitrogen and oxygen atoms in total. The molecule has 1 heterocycles. The van der Waals surface area contributed by atoms with Crippen molar-refractivity contribution in [3.8, 4) is 16.3 Å². The van der Waals surface area contributed by atoms with Crippen molar-refractivity contribution in [1.82, 2.24) is 10.3 Å². The van der Waals surface area contributed by atoms with Crippen LogP contribution in [-0.4, -0.2) is 48.8 Å². The molecule has 0 fully saturated rings. The lowest BCUT2D eigenvalue weighted by atomic mass is 10.2. The standard InChI is InChI=1S/C15H16N2O5S/c1-21-7-11(15(19)20)16-13(18)12-8-23-14(17-12)9-3-5-10(22-2)6-4-9/h3-6,8,11H,7H2,1-2H3,(H,16,18)(H,19,20). The van der Waals surface area contributed by atoms with Crippen molar-refractivity contribution >= 4 is 23.2 Å². The average Bonchev–Trinajstić information content (AvgIpc) is 3.04. The summed E-state index contributed by atoms with van der Waals surface area (Å²) in [6, 6.07) is 6.17. The lowest BCUT2D eigenvalue weighted by Gasteiger charge is -2.12. The zero-order valence-electron chi connectivity index (χ0n) is 12.6. The Bertz CT molecular complexity index is 683. The summed E-state index contributed by atoms with van der Waals surface area (Å²) in [5.74, 6) is -0.983. The molecule has 1 atom stereocenters. The highest BCUT2D eigenvalue weighted by molar-refractivity contribution is 7.13. The topological polar surface area (TPSA) is 97.8 Å². The monoisotopic (exact) mass is 336 g/mol. The first-order valence-corrected chi connectivity index (χ1v) is 7.55. The van der Waals surface area contributed by atoms with E-state index >= 15 is 0 Å². The number of thiazole rings is 1. The normalized spacial score (nSPS) is 11.7. The molecule has 0 aliphatic heterocycles. The summed E-state index contributed by atoms with van der Waals surface area (Å²) in [6.07, 6.45) is 0. The Labute approximate surface area is 136 Å². The lowest BCUT2D eigenvalue weighted by molar-refractivity contribution is -0.140. The number of aromatic nitrogens is 1. The van der Waals surface area contributed by atoms with Crippen LogP contribution in [0.3, 0.4) is 0 Å². The van der Waals surface area contributed by atoms with Gasteiger partial charge in [-0.2, -0.15) is 0 Å². The number of carboxylic acids is 1. The van der Waals surface area contributed by atoms with Crippen molar-refractivity contribution in [2.45, 2.75) is 6.04 Å². The van der Waals surface area contributed by atoms with Crippen molar-refractivity contribution in [1.29, 1.82) is 0 Å². The number of carboxylic acid groups (broad SMARTS) is 1. The molecule has 23 heavy (non-hydrogen) atoms. The summed E-state index contributed by atoms with van der Waals surface area (Å²) < 4.78 is 9.86. The maximum absolute atomic E-state index is 12.1. The number of ether oxygens (including phenoxy) is 2. The number of amides is 1. The SMILES string of the molecule is COCC(NC(=O)c1csc(-c2ccc(OC)cc2)n1)C(=O)O. The minimum atomic E-state index is -1.16. The Morgan fingerprint density at radius 2 is 2.00 bits per heavy atom. The molecule has 1 amide bonds. The summed E-state index contributed by atoms with van der Waals surface area (Å²) in [4.78, 5) is 27.3. The summed E-state index contributed by atoms with van der Waals surface area (Å²) in [7, 11) is 2.95. The van der Waals surface area contributed by atoms with Gasteiger partial charge in [-0.1, -0.05) is 0 Å². The molecule has 1 aromatic carbocycles. The molecule has 0 aliphatic rings. The highest BCUT2D eigenvalue weighted by Crippen LogP contribution is 2.25. The van der Waals surface area contributed by atoms with Gasteiger partial charge in [-0.05, 0) is 24.3 Å². The molecule has 0 bridgehead atoms. The van der Waals surface area contributed by atoms with Gasteiger partial charge < -0.3 is 19.9 Å². The Hall–Kier alpha value is -2.45. The number of hydrogen-bond acceptors (Lipinski definition) is 6. The van der Waals surface area contributed by atoms with Crippen LogP contribution in [0, 0.1) is 0 Å². The van der Waals surface area contributed by atoms with Crippen LogP contribution in [0.5, 0.6) is 5.75 Å². The zero-order valence-corrected chi connectivity index (χ0v) is 13.4. The first-order chi connectivity index (χ1) is 11.0. The maximum Gasteiger partial charge on any atom is 0.328 e. The summed E-state index contributed by atoms with van der Waals surface area (Å²) >= 11 is 1.30. The number of rotatable bonds is 7. The molecule has 0 saturated heterocycles. The van der Waals surface area contributed by atoms with Gasteiger partial charge in [0.25, 0.3) is 5.91 Å². The van der Waals surface area contributed by atoms with E-state index in [0.29, 0.717) is 5.01 Å². The van der Waals surface area contributed by atoms with Gasteiger partial charge >= 0.3 is 5.97 Å². The predicted molar refractivity (Wildman–Crippen MR) is 84.9 cm³/mol. The lowest BCUT2D eigenvalue weighted by Crippen LogP contribution is -2.43. The third-order valence-corrected chi connectivity index (χ3v) is 3.90. The maximum atomic E-state index is 12.1. The van der Waals surface area contributed by atoms with Crippen molar-refractivity contribution < 1.29 is 24.2 Å². The van der Waals surface area contributed by atoms with Gasteiger partial charge in [0.05, 0.1) is 13.7 Å². The number of carbonyl (C=O) groups excluding carboxylic acids is 1. The predicted octanol–water partition coefficient (Wildman–Crippen LogP) is 1.65. The van der Waals surface area contributed by atoms with Crippen LogP contribution in [0.1, 0.15) is 10.5 Å². The van der Waals surface area contributed by atoms with E-state index in [9.17, 15) is 9.59 Å². The molecular weight excluding hydrogens is 320 g/mol. The van der Waals surface area contributed by atoms with E-state index in [-0.39, 0.29) is 12.3 Å². The second-order valence-corrected chi connectivity index (χ2v) is 5.44. The van der Waals surface area contributed by atoms with Crippen LogP contribution in [0.4, 0.5) is 0 Å². The zero-order chi connectivity index (χ0) is 16.8. The molecule has 122 valence electrons. The van der Waals surface area contributed by atoms with E-state index in [1.54, 1.807) is 24.6 Å². The molecule has 1 unspecified atom stereocenters. The molecule has 1 aromatic heterocycles. The van der Waals surface area contributed by atoms with E-state index < -0.39 is 17.9 Å². The van der Waals surface area contributed by atoms with Crippen LogP contribution < -0.4 is 10.1 Å². The minimum absolute atomic E-state index is 0.115. The Morgan fingerprint density at radius 3 is 2.57 bits per heavy atom. The van der Waals surface area contributed by atoms with E-state index in [0.717, 1.165) is 11.3 Å². The van der Waals surface area contributed by atoms with E-state index in [4.69, 9.17) is 14.6 Å². The molecular formula is C15H16N2O5S. The quantitative estimate of drug-likeness (QED) is 0.798. The molecule has 0 saturated carbocycles. The third-order valence-electron chi connectivity index (χ3n) is 3.01. The first kappa shape index (κ1) is 16.9. The second kappa shape index (κ2) is 7.70. The first-order valence-electron chi connectivity index (χ1n) is 6.67. The molecule has 0 radical (unpaired) electrons. The summed E-state index contributed by atoms with van der Waals surface area (Å²) in [5, 5.41) is 13.6. The molecule has 8 heteroatoms. The fourth-order valence-electron chi connectivity index (χ4n) is 1.82. The van der Waals surface area contributed by atoms with Gasteiger partial charge in [0, 0.05) is 18.1 Å². The van der Waals surface area contributed by atoms with Crippen LogP contribution in [0.25, 0.3) is 10.6 Å². The van der Waals surface area contributed by atoms with Crippen molar-refractivity contribution in [3.05, 3.63) is 35.3 Å². The van der Waals surface area contributed by atoms with Crippen LogP contribution >= 0.6 is 11.3 Å². The molecule has 0 spiro atoms. The second-order valence-electron chi connectivity index (χ2n) is 4.59. The summed E-state index contributed by atoms with van der Waals surface area (Å²) in [6.45, 7) is -0.115. The van der Waals surface area contributed by atoms with E-state index in [1.807, 2.05) is 12.1 Å². The number of aliphatic carboxylic acids is 1. The van der Waals surface area contributed by atoms with Crippen molar-refractivity contribution in [3.63, 3.8) is 0 Å². The Morgan fingerprint density at radius 1 is 1.30 bits per heavy atom. The average molecular weight is 336 g/mol. The molecule has 0 aliphatic carbocycles. The number of methoxy groups -OCH3 is 2. The van der Waals surface area contributed by atoms with Gasteiger partial charge in [-0.3, -0.25) is 4.79 Å².